The van der Waals surface area contributed by atoms with E-state index in [9.17, 15) is 18.0 Å². The summed E-state index contributed by atoms with van der Waals surface area (Å²) in [5, 5.41) is 0.202. The number of carbonyl (C=O) groups is 2. The molecule has 0 saturated heterocycles. The summed E-state index contributed by atoms with van der Waals surface area (Å²) in [4.78, 5) is 22.5. The van der Waals surface area contributed by atoms with Crippen LogP contribution in [0.25, 0.3) is 0 Å². The molecule has 0 bridgehead atoms. The van der Waals surface area contributed by atoms with Crippen molar-refractivity contribution in [3.63, 3.8) is 0 Å². The number of imide groups is 1. The first-order valence-electron chi connectivity index (χ1n) is 7.67. The molecule has 0 N–H and O–H groups in total. The maximum atomic E-state index is 12.1. The van der Waals surface area contributed by atoms with Crippen LogP contribution in [-0.2, 0) is 24.0 Å². The van der Waals surface area contributed by atoms with Gasteiger partial charge in [-0.3, -0.25) is 9.59 Å². The fourth-order valence-corrected chi connectivity index (χ4v) is 2.92. The molecule has 0 radical (unpaired) electrons. The van der Waals surface area contributed by atoms with E-state index in [0.717, 1.165) is 37.8 Å². The van der Waals surface area contributed by atoms with Crippen LogP contribution in [0.4, 0.5) is 0 Å². The molecule has 7 nitrogen and oxygen atoms in total. The van der Waals surface area contributed by atoms with E-state index >= 15 is 0 Å². The Morgan fingerprint density at radius 1 is 0.958 bits per heavy atom. The van der Waals surface area contributed by atoms with Gasteiger partial charge in [0.25, 0.3) is 11.8 Å². The van der Waals surface area contributed by atoms with Crippen LogP contribution in [0.1, 0.15) is 32.6 Å². The minimum absolute atomic E-state index is 0.173. The molecule has 24 heavy (non-hydrogen) atoms. The molecule has 0 aromatic heterocycles. The molecule has 1 heterocycles. The second-order valence-corrected chi connectivity index (χ2v) is 6.74. The highest BCUT2D eigenvalue weighted by atomic mass is 32.2. The number of hydrogen-bond donors (Lipinski definition) is 0. The minimum atomic E-state index is -4.27. The number of hydrogen-bond acceptors (Lipinski definition) is 6. The van der Waals surface area contributed by atoms with Crippen molar-refractivity contribution in [2.45, 2.75) is 37.5 Å². The zero-order chi connectivity index (χ0) is 17.6. The van der Waals surface area contributed by atoms with Gasteiger partial charge in [-0.25, -0.2) is 0 Å². The van der Waals surface area contributed by atoms with Crippen LogP contribution in [0.5, 0.6) is 5.75 Å². The van der Waals surface area contributed by atoms with E-state index in [-0.39, 0.29) is 9.96 Å². The molecule has 2 amide bonds. The van der Waals surface area contributed by atoms with Crippen LogP contribution < -0.4 is 4.74 Å². The molecule has 0 aliphatic carbocycles. The van der Waals surface area contributed by atoms with Crippen LogP contribution in [0, 0.1) is 0 Å². The molecule has 0 fully saturated rings. The maximum Gasteiger partial charge on any atom is 0.318 e. The first-order valence-corrected chi connectivity index (χ1v) is 9.08. The first kappa shape index (κ1) is 18.2. The Morgan fingerprint density at radius 2 is 1.58 bits per heavy atom. The molecule has 1 aliphatic heterocycles. The lowest BCUT2D eigenvalue weighted by atomic mass is 10.2. The van der Waals surface area contributed by atoms with Gasteiger partial charge in [-0.15, -0.1) is 9.35 Å². The number of ether oxygens (including phenoxy) is 1. The van der Waals surface area contributed by atoms with Crippen molar-refractivity contribution >= 4 is 21.9 Å². The second-order valence-electron chi connectivity index (χ2n) is 5.21. The van der Waals surface area contributed by atoms with Gasteiger partial charge in [-0.2, -0.15) is 8.42 Å². The van der Waals surface area contributed by atoms with Gasteiger partial charge in [-0.05, 0) is 30.7 Å². The molecular weight excluding hydrogens is 334 g/mol. The topological polar surface area (TPSA) is 90.0 Å². The summed E-state index contributed by atoms with van der Waals surface area (Å²) in [6.07, 6.45) is 6.19. The van der Waals surface area contributed by atoms with Crippen LogP contribution in [0.15, 0.2) is 41.3 Å². The molecule has 0 unspecified atom stereocenters. The number of rotatable bonds is 9. The molecule has 1 aromatic rings. The summed E-state index contributed by atoms with van der Waals surface area (Å²) >= 11 is 0. The van der Waals surface area contributed by atoms with E-state index in [4.69, 9.17) is 4.74 Å². The third-order valence-corrected chi connectivity index (χ3v) is 4.52. The van der Waals surface area contributed by atoms with Crippen LogP contribution in [0.2, 0.25) is 0 Å². The molecule has 0 atom stereocenters. The highest BCUT2D eigenvalue weighted by Gasteiger charge is 2.31. The van der Waals surface area contributed by atoms with Gasteiger partial charge >= 0.3 is 10.1 Å². The van der Waals surface area contributed by atoms with E-state index in [1.807, 2.05) is 0 Å². The lowest BCUT2D eigenvalue weighted by Gasteiger charge is -2.13. The lowest BCUT2D eigenvalue weighted by molar-refractivity contribution is -0.161. The highest BCUT2D eigenvalue weighted by Crippen LogP contribution is 2.20. The third-order valence-electron chi connectivity index (χ3n) is 3.32. The molecule has 0 spiro atoms. The number of hydroxylamine groups is 2. The van der Waals surface area contributed by atoms with Crippen molar-refractivity contribution in [3.05, 3.63) is 36.4 Å². The summed E-state index contributed by atoms with van der Waals surface area (Å²) < 4.78 is 34.3. The monoisotopic (exact) mass is 353 g/mol. The predicted molar refractivity (Wildman–Crippen MR) is 85.3 cm³/mol. The molecule has 2 rings (SSSR count). The Kier molecular flexibility index (Phi) is 6.10. The van der Waals surface area contributed by atoms with Gasteiger partial charge < -0.3 is 4.74 Å². The van der Waals surface area contributed by atoms with Gasteiger partial charge in [0.15, 0.2) is 0 Å². The highest BCUT2D eigenvalue weighted by molar-refractivity contribution is 7.86. The Hall–Kier alpha value is -2.19. The molecule has 130 valence electrons. The van der Waals surface area contributed by atoms with Gasteiger partial charge in [0.05, 0.1) is 11.5 Å². The van der Waals surface area contributed by atoms with Crippen molar-refractivity contribution in [2.24, 2.45) is 0 Å². The Balaban J connectivity index is 1.94. The second kappa shape index (κ2) is 8.07. The van der Waals surface area contributed by atoms with Gasteiger partial charge in [0.1, 0.15) is 5.75 Å². The Bertz CT molecular complexity index is 705. The number of carbonyl (C=O) groups excluding carboxylic acids is 2. The van der Waals surface area contributed by atoms with Crippen molar-refractivity contribution in [2.75, 3.05) is 6.61 Å². The standard InChI is InChI=1S/C16H19NO6S/c1-2-3-4-5-12-22-13-6-8-14(9-7-13)24(20,21)23-17-15(18)10-11-16(17)19/h6-11H,2-5,12H2,1H3. The van der Waals surface area contributed by atoms with Crippen molar-refractivity contribution < 1.29 is 27.0 Å². The van der Waals surface area contributed by atoms with Crippen LogP contribution in [0.3, 0.4) is 0 Å². The normalized spacial score (nSPS) is 14.5. The van der Waals surface area contributed by atoms with Crippen LogP contribution in [-0.4, -0.2) is 31.9 Å². The summed E-state index contributed by atoms with van der Waals surface area (Å²) in [5.74, 6) is -1.13. The van der Waals surface area contributed by atoms with Gasteiger partial charge in [0, 0.05) is 12.2 Å². The van der Waals surface area contributed by atoms with E-state index in [0.29, 0.717) is 12.4 Å². The molecular formula is C16H19NO6S. The van der Waals surface area contributed by atoms with Gasteiger partial charge in [0.2, 0.25) is 0 Å². The van der Waals surface area contributed by atoms with Crippen LogP contribution >= 0.6 is 0 Å². The van der Waals surface area contributed by atoms with Crippen molar-refractivity contribution in [1.29, 1.82) is 0 Å². The fraction of sp³-hybridized carbons (Fsp3) is 0.375. The molecule has 1 aromatic carbocycles. The molecule has 8 heteroatoms. The SMILES string of the molecule is CCCCCCOc1ccc(S(=O)(=O)ON2C(=O)C=CC2=O)cc1. The maximum absolute atomic E-state index is 12.1. The molecule has 0 saturated carbocycles. The van der Waals surface area contributed by atoms with E-state index in [1.54, 1.807) is 0 Å². The summed E-state index contributed by atoms with van der Waals surface area (Å²) in [6.45, 7) is 2.69. The Labute approximate surface area is 140 Å². The number of benzene rings is 1. The average molecular weight is 353 g/mol. The lowest BCUT2D eigenvalue weighted by Crippen LogP contribution is -2.32. The van der Waals surface area contributed by atoms with Gasteiger partial charge in [-0.1, -0.05) is 26.2 Å². The summed E-state index contributed by atoms with van der Waals surface area (Å²) in [7, 11) is -4.27. The van der Waals surface area contributed by atoms with E-state index in [1.165, 1.54) is 24.3 Å². The molecule has 1 aliphatic rings. The summed E-state index contributed by atoms with van der Waals surface area (Å²) in [6, 6.07) is 5.61. The third kappa shape index (κ3) is 4.65. The van der Waals surface area contributed by atoms with Crippen molar-refractivity contribution in [3.8, 4) is 5.75 Å². The zero-order valence-electron chi connectivity index (χ0n) is 13.3. The Morgan fingerprint density at radius 3 is 2.17 bits per heavy atom. The zero-order valence-corrected chi connectivity index (χ0v) is 14.1. The van der Waals surface area contributed by atoms with Crippen molar-refractivity contribution in [1.82, 2.24) is 5.06 Å². The smallest absolute Gasteiger partial charge is 0.318 e. The summed E-state index contributed by atoms with van der Waals surface area (Å²) in [5.41, 5.74) is 0. The number of unbranched alkanes of at least 4 members (excludes halogenated alkanes) is 3. The quantitative estimate of drug-likeness (QED) is 0.499. The average Bonchev–Trinajstić information content (AvgIpc) is 2.87. The number of nitrogens with zero attached hydrogens (tertiary/aromatic N) is 1. The first-order chi connectivity index (χ1) is 11.4. The largest absolute Gasteiger partial charge is 0.494 e. The van der Waals surface area contributed by atoms with E-state index < -0.39 is 21.9 Å². The minimum Gasteiger partial charge on any atom is -0.494 e. The number of amides is 2. The van der Waals surface area contributed by atoms with E-state index in [2.05, 4.69) is 11.2 Å². The predicted octanol–water partition coefficient (Wildman–Crippen LogP) is 2.19. The fourth-order valence-electron chi connectivity index (χ4n) is 2.02.